The smallest absolute Gasteiger partial charge is 0.106 e. The van der Waals surface area contributed by atoms with Crippen LogP contribution in [-0.4, -0.2) is 35.6 Å². The van der Waals surface area contributed by atoms with Crippen LogP contribution in [0.4, 0.5) is 0 Å². The van der Waals surface area contributed by atoms with Crippen molar-refractivity contribution in [3.63, 3.8) is 0 Å². The third kappa shape index (κ3) is 2.64. The Balaban J connectivity index is 3.69. The van der Waals surface area contributed by atoms with E-state index in [0.717, 1.165) is 0 Å². The van der Waals surface area contributed by atoms with E-state index in [2.05, 4.69) is 0 Å². The molecule has 0 radical (unpaired) electrons. The van der Waals surface area contributed by atoms with Crippen LogP contribution in [0.1, 0.15) is 20.3 Å². The van der Waals surface area contributed by atoms with Gasteiger partial charge in [0.2, 0.25) is 0 Å². The van der Waals surface area contributed by atoms with Crippen molar-refractivity contribution in [2.45, 2.75) is 38.6 Å². The number of rotatable bonds is 4. The largest absolute Gasteiger partial charge is 0.390 e. The monoisotopic (exact) mass is 148 g/mol. The molecule has 0 bridgehead atoms. The van der Waals surface area contributed by atoms with Crippen LogP contribution < -0.4 is 0 Å². The highest BCUT2D eigenvalue weighted by Gasteiger charge is 2.20. The van der Waals surface area contributed by atoms with E-state index in [1.54, 1.807) is 6.92 Å². The maximum absolute atomic E-state index is 9.21. The van der Waals surface area contributed by atoms with Gasteiger partial charge in [-0.2, -0.15) is 0 Å². The average Bonchev–Trinajstić information content (AvgIpc) is 2.00. The molecule has 0 aliphatic heterocycles. The Morgan fingerprint density at radius 1 is 1.40 bits per heavy atom. The van der Waals surface area contributed by atoms with E-state index < -0.39 is 12.2 Å². The maximum Gasteiger partial charge on any atom is 0.106 e. The fraction of sp³-hybridized carbons (Fsp3) is 1.00. The molecule has 0 aromatic carbocycles. The van der Waals surface area contributed by atoms with E-state index in [4.69, 9.17) is 9.84 Å². The van der Waals surface area contributed by atoms with Crippen molar-refractivity contribution in [2.24, 2.45) is 0 Å². The standard InChI is InChI=1S/C7H16O3/c1-4-6(8)7(9)5(2)10-3/h5-9H,4H2,1-3H3. The summed E-state index contributed by atoms with van der Waals surface area (Å²) in [6.45, 7) is 3.54. The SMILES string of the molecule is CCC(O)C(O)C(C)OC. The van der Waals surface area contributed by atoms with E-state index in [1.165, 1.54) is 7.11 Å². The summed E-state index contributed by atoms with van der Waals surface area (Å²) >= 11 is 0. The molecule has 0 amide bonds. The number of aliphatic hydroxyl groups excluding tert-OH is 2. The van der Waals surface area contributed by atoms with Crippen LogP contribution in [0.5, 0.6) is 0 Å². The summed E-state index contributed by atoms with van der Waals surface area (Å²) in [5, 5.41) is 18.3. The first kappa shape index (κ1) is 9.88. The van der Waals surface area contributed by atoms with Crippen molar-refractivity contribution in [2.75, 3.05) is 7.11 Å². The van der Waals surface area contributed by atoms with Gasteiger partial charge in [-0.1, -0.05) is 6.92 Å². The second-order valence-electron chi connectivity index (χ2n) is 2.41. The fourth-order valence-corrected chi connectivity index (χ4v) is 0.694. The molecule has 0 saturated carbocycles. The van der Waals surface area contributed by atoms with E-state index in [-0.39, 0.29) is 6.10 Å². The Bertz CT molecular complexity index is 74.9. The van der Waals surface area contributed by atoms with Gasteiger partial charge >= 0.3 is 0 Å². The molecule has 0 heterocycles. The molecule has 3 atom stereocenters. The van der Waals surface area contributed by atoms with Gasteiger partial charge in [0.25, 0.3) is 0 Å². The number of hydrogen-bond acceptors (Lipinski definition) is 3. The van der Waals surface area contributed by atoms with Crippen molar-refractivity contribution in [3.05, 3.63) is 0 Å². The molecule has 3 unspecified atom stereocenters. The minimum atomic E-state index is -0.769. The molecular weight excluding hydrogens is 132 g/mol. The molecular formula is C7H16O3. The molecule has 0 aromatic heterocycles. The van der Waals surface area contributed by atoms with Crippen LogP contribution in [0.25, 0.3) is 0 Å². The quantitative estimate of drug-likeness (QED) is 0.596. The Kier molecular flexibility index (Phi) is 4.60. The van der Waals surface area contributed by atoms with E-state index >= 15 is 0 Å². The number of methoxy groups -OCH3 is 1. The maximum atomic E-state index is 9.21. The lowest BCUT2D eigenvalue weighted by Gasteiger charge is -2.21. The molecule has 0 aliphatic rings. The van der Waals surface area contributed by atoms with Crippen LogP contribution in [0, 0.1) is 0 Å². The Morgan fingerprint density at radius 2 is 1.90 bits per heavy atom. The van der Waals surface area contributed by atoms with Crippen LogP contribution in [0.3, 0.4) is 0 Å². The lowest BCUT2D eigenvalue weighted by molar-refractivity contribution is -0.0682. The highest BCUT2D eigenvalue weighted by Crippen LogP contribution is 2.05. The molecule has 3 heteroatoms. The summed E-state index contributed by atoms with van der Waals surface area (Å²) < 4.78 is 4.82. The van der Waals surface area contributed by atoms with Gasteiger partial charge in [0, 0.05) is 7.11 Å². The molecule has 2 N–H and O–H groups in total. The van der Waals surface area contributed by atoms with Crippen LogP contribution in [0.2, 0.25) is 0 Å². The highest BCUT2D eigenvalue weighted by molar-refractivity contribution is 4.71. The van der Waals surface area contributed by atoms with Crippen LogP contribution >= 0.6 is 0 Å². The zero-order valence-corrected chi connectivity index (χ0v) is 6.74. The summed E-state index contributed by atoms with van der Waals surface area (Å²) in [6.07, 6.45) is -1.19. The predicted octanol–water partition coefficient (Wildman–Crippen LogP) is 0.153. The second kappa shape index (κ2) is 4.66. The normalized spacial score (nSPS) is 20.1. The predicted molar refractivity (Wildman–Crippen MR) is 38.8 cm³/mol. The first-order valence-electron chi connectivity index (χ1n) is 3.52. The van der Waals surface area contributed by atoms with Gasteiger partial charge in [-0.05, 0) is 13.3 Å². The van der Waals surface area contributed by atoms with Gasteiger partial charge in [0.05, 0.1) is 12.2 Å². The van der Waals surface area contributed by atoms with Gasteiger partial charge in [-0.25, -0.2) is 0 Å². The molecule has 10 heavy (non-hydrogen) atoms. The number of ether oxygens (including phenoxy) is 1. The summed E-state index contributed by atoms with van der Waals surface area (Å²) in [7, 11) is 1.51. The van der Waals surface area contributed by atoms with Gasteiger partial charge in [-0.3, -0.25) is 0 Å². The van der Waals surface area contributed by atoms with Crippen molar-refractivity contribution < 1.29 is 14.9 Å². The molecule has 0 aliphatic carbocycles. The Morgan fingerprint density at radius 3 is 2.20 bits per heavy atom. The van der Waals surface area contributed by atoms with E-state index in [1.807, 2.05) is 6.92 Å². The Labute approximate surface area is 61.6 Å². The minimum absolute atomic E-state index is 0.296. The molecule has 0 saturated heterocycles. The zero-order valence-electron chi connectivity index (χ0n) is 6.74. The van der Waals surface area contributed by atoms with Gasteiger partial charge in [-0.15, -0.1) is 0 Å². The first-order chi connectivity index (χ1) is 4.63. The third-order valence-corrected chi connectivity index (χ3v) is 1.67. The molecule has 0 fully saturated rings. The third-order valence-electron chi connectivity index (χ3n) is 1.67. The number of aliphatic hydroxyl groups is 2. The summed E-state index contributed by atoms with van der Waals surface area (Å²) in [5.74, 6) is 0. The van der Waals surface area contributed by atoms with Crippen LogP contribution in [0.15, 0.2) is 0 Å². The molecule has 3 nitrogen and oxygen atoms in total. The van der Waals surface area contributed by atoms with Crippen molar-refractivity contribution >= 4 is 0 Å². The van der Waals surface area contributed by atoms with Gasteiger partial charge < -0.3 is 14.9 Å². The summed E-state index contributed by atoms with van der Waals surface area (Å²) in [6, 6.07) is 0. The van der Waals surface area contributed by atoms with Gasteiger partial charge in [0.1, 0.15) is 6.10 Å². The molecule has 62 valence electrons. The van der Waals surface area contributed by atoms with Gasteiger partial charge in [0.15, 0.2) is 0 Å². The molecule has 0 aromatic rings. The van der Waals surface area contributed by atoms with Crippen molar-refractivity contribution in [1.29, 1.82) is 0 Å². The second-order valence-corrected chi connectivity index (χ2v) is 2.41. The zero-order chi connectivity index (χ0) is 8.15. The van der Waals surface area contributed by atoms with Crippen LogP contribution in [-0.2, 0) is 4.74 Å². The summed E-state index contributed by atoms with van der Waals surface area (Å²) in [5.41, 5.74) is 0. The minimum Gasteiger partial charge on any atom is -0.390 e. The van der Waals surface area contributed by atoms with Crippen molar-refractivity contribution in [3.8, 4) is 0 Å². The van der Waals surface area contributed by atoms with Crippen molar-refractivity contribution in [1.82, 2.24) is 0 Å². The number of hydrogen-bond donors (Lipinski definition) is 2. The lowest BCUT2D eigenvalue weighted by Crippen LogP contribution is -2.36. The fourth-order valence-electron chi connectivity index (χ4n) is 0.694. The molecule has 0 spiro atoms. The molecule has 0 rings (SSSR count). The lowest BCUT2D eigenvalue weighted by atomic mass is 10.1. The summed E-state index contributed by atoms with van der Waals surface area (Å²) in [4.78, 5) is 0. The Hall–Kier alpha value is -0.120. The topological polar surface area (TPSA) is 49.7 Å². The average molecular weight is 148 g/mol. The highest BCUT2D eigenvalue weighted by atomic mass is 16.5. The van der Waals surface area contributed by atoms with E-state index in [0.29, 0.717) is 6.42 Å². The first-order valence-corrected chi connectivity index (χ1v) is 3.52. The van der Waals surface area contributed by atoms with E-state index in [9.17, 15) is 5.11 Å².